The zero-order valence-corrected chi connectivity index (χ0v) is 11.5. The summed E-state index contributed by atoms with van der Waals surface area (Å²) in [6.07, 6.45) is 3.38. The highest BCUT2D eigenvalue weighted by Gasteiger charge is 2.12. The quantitative estimate of drug-likeness (QED) is 0.746. The highest BCUT2D eigenvalue weighted by Crippen LogP contribution is 2.29. The number of nitrogens with two attached hydrogens (primary N) is 1. The predicted molar refractivity (Wildman–Crippen MR) is 76.0 cm³/mol. The maximum absolute atomic E-state index is 6.24. The summed E-state index contributed by atoms with van der Waals surface area (Å²) in [4.78, 5) is 8.29. The molecule has 3 aromatic rings. The number of aromatic nitrogens is 3. The smallest absolute Gasteiger partial charge is 0.206 e. The summed E-state index contributed by atoms with van der Waals surface area (Å²) in [6.45, 7) is 0. The summed E-state index contributed by atoms with van der Waals surface area (Å²) in [6, 6.07) is 7.48. The molecule has 2 N–H and O–H groups in total. The second-order valence-corrected chi connectivity index (χ2v) is 5.09. The highest BCUT2D eigenvalue weighted by atomic mass is 79.9. The van der Waals surface area contributed by atoms with E-state index in [0.717, 1.165) is 21.2 Å². The zero-order valence-electron chi connectivity index (χ0n) is 9.14. The summed E-state index contributed by atoms with van der Waals surface area (Å²) in [7, 11) is 0. The Labute approximate surface area is 117 Å². The Morgan fingerprint density at radius 2 is 2.11 bits per heavy atom. The Hall–Kier alpha value is -1.59. The first kappa shape index (κ1) is 11.5. The van der Waals surface area contributed by atoms with Gasteiger partial charge in [-0.3, -0.25) is 9.55 Å². The molecule has 90 valence electrons. The van der Waals surface area contributed by atoms with Crippen molar-refractivity contribution in [3.63, 3.8) is 0 Å². The van der Waals surface area contributed by atoms with Crippen molar-refractivity contribution < 1.29 is 0 Å². The van der Waals surface area contributed by atoms with Gasteiger partial charge in [0.15, 0.2) is 0 Å². The van der Waals surface area contributed by atoms with Crippen molar-refractivity contribution in [3.05, 3.63) is 46.2 Å². The van der Waals surface area contributed by atoms with Crippen LogP contribution >= 0.6 is 27.5 Å². The van der Waals surface area contributed by atoms with E-state index in [0.29, 0.717) is 11.0 Å². The minimum absolute atomic E-state index is 0.391. The molecule has 3 rings (SSSR count). The molecule has 0 fully saturated rings. The molecule has 0 amide bonds. The highest BCUT2D eigenvalue weighted by molar-refractivity contribution is 9.10. The third kappa shape index (κ3) is 1.76. The standard InChI is InChI=1S/C12H8BrClN4/c13-7-1-2-10(8(14)5-7)18-11-3-4-16-6-9(11)17-12(18)15/h1-6H,(H2,15,17). The monoisotopic (exact) mass is 322 g/mol. The fourth-order valence-electron chi connectivity index (χ4n) is 1.87. The number of rotatable bonds is 1. The fourth-order valence-corrected chi connectivity index (χ4v) is 2.62. The van der Waals surface area contributed by atoms with Crippen molar-refractivity contribution in [3.8, 4) is 5.69 Å². The molecule has 0 radical (unpaired) electrons. The molecule has 0 aliphatic carbocycles. The molecular weight excluding hydrogens is 316 g/mol. The first-order chi connectivity index (χ1) is 8.66. The molecule has 0 saturated carbocycles. The Bertz CT molecular complexity index is 738. The summed E-state index contributed by atoms with van der Waals surface area (Å²) in [5, 5.41) is 0.604. The van der Waals surface area contributed by atoms with Gasteiger partial charge in [0.1, 0.15) is 5.52 Å². The van der Waals surface area contributed by atoms with Gasteiger partial charge in [-0.15, -0.1) is 0 Å². The number of fused-ring (bicyclic) bond motifs is 1. The van der Waals surface area contributed by atoms with Crippen molar-refractivity contribution in [1.82, 2.24) is 14.5 Å². The van der Waals surface area contributed by atoms with Crippen LogP contribution in [0.5, 0.6) is 0 Å². The first-order valence-corrected chi connectivity index (χ1v) is 6.37. The van der Waals surface area contributed by atoms with Crippen molar-refractivity contribution in [2.24, 2.45) is 0 Å². The topological polar surface area (TPSA) is 56.7 Å². The molecule has 6 heteroatoms. The SMILES string of the molecule is Nc1nc2cnccc2n1-c1ccc(Br)cc1Cl. The molecule has 0 unspecified atom stereocenters. The van der Waals surface area contributed by atoms with Crippen molar-refractivity contribution in [1.29, 1.82) is 0 Å². The lowest BCUT2D eigenvalue weighted by Gasteiger charge is -2.08. The molecule has 1 aromatic carbocycles. The fraction of sp³-hybridized carbons (Fsp3) is 0. The van der Waals surface area contributed by atoms with Crippen molar-refractivity contribution in [2.45, 2.75) is 0 Å². The maximum Gasteiger partial charge on any atom is 0.206 e. The lowest BCUT2D eigenvalue weighted by Crippen LogP contribution is -2.01. The Kier molecular flexibility index (Phi) is 2.72. The molecule has 4 nitrogen and oxygen atoms in total. The number of imidazole rings is 1. The van der Waals surface area contributed by atoms with Crippen LogP contribution in [-0.4, -0.2) is 14.5 Å². The number of halogens is 2. The van der Waals surface area contributed by atoms with Crippen LogP contribution in [0.15, 0.2) is 41.1 Å². The number of anilines is 1. The zero-order chi connectivity index (χ0) is 12.7. The minimum Gasteiger partial charge on any atom is -0.369 e. The van der Waals surface area contributed by atoms with Gasteiger partial charge in [-0.1, -0.05) is 27.5 Å². The van der Waals surface area contributed by atoms with Gasteiger partial charge in [-0.05, 0) is 24.3 Å². The summed E-state index contributed by atoms with van der Waals surface area (Å²) < 4.78 is 2.73. The van der Waals surface area contributed by atoms with Crippen LogP contribution in [-0.2, 0) is 0 Å². The van der Waals surface area contributed by atoms with E-state index in [4.69, 9.17) is 17.3 Å². The Morgan fingerprint density at radius 1 is 1.28 bits per heavy atom. The van der Waals surface area contributed by atoms with E-state index < -0.39 is 0 Å². The molecule has 0 spiro atoms. The van der Waals surface area contributed by atoms with Gasteiger partial charge in [0.05, 0.1) is 22.4 Å². The van der Waals surface area contributed by atoms with Crippen molar-refractivity contribution in [2.75, 3.05) is 5.73 Å². The number of nitrogens with zero attached hydrogens (tertiary/aromatic N) is 3. The summed E-state index contributed by atoms with van der Waals surface area (Å²) >= 11 is 9.62. The molecule has 2 aromatic heterocycles. The molecule has 2 heterocycles. The number of pyridine rings is 1. The number of nitrogen functional groups attached to an aromatic ring is 1. The summed E-state index contributed by atoms with van der Waals surface area (Å²) in [5.41, 5.74) is 8.37. The van der Waals surface area contributed by atoms with Gasteiger partial charge >= 0.3 is 0 Å². The van der Waals surface area contributed by atoms with Gasteiger partial charge in [-0.25, -0.2) is 4.98 Å². The second kappa shape index (κ2) is 4.26. The van der Waals surface area contributed by atoms with E-state index in [1.807, 2.05) is 28.8 Å². The van der Waals surface area contributed by atoms with E-state index >= 15 is 0 Å². The number of benzene rings is 1. The maximum atomic E-state index is 6.24. The second-order valence-electron chi connectivity index (χ2n) is 3.77. The number of hydrogen-bond acceptors (Lipinski definition) is 3. The van der Waals surface area contributed by atoms with Gasteiger partial charge in [0.25, 0.3) is 0 Å². The third-order valence-electron chi connectivity index (χ3n) is 2.63. The average Bonchev–Trinajstić information content (AvgIpc) is 2.66. The van der Waals surface area contributed by atoms with Crippen LogP contribution in [0.1, 0.15) is 0 Å². The van der Waals surface area contributed by atoms with Crippen LogP contribution in [0.3, 0.4) is 0 Å². The van der Waals surface area contributed by atoms with E-state index in [1.165, 1.54) is 0 Å². The summed E-state index contributed by atoms with van der Waals surface area (Å²) in [5.74, 6) is 0.391. The Balaban J connectivity index is 2.34. The van der Waals surface area contributed by atoms with Gasteiger partial charge < -0.3 is 5.73 Å². The van der Waals surface area contributed by atoms with Crippen LogP contribution in [0, 0.1) is 0 Å². The van der Waals surface area contributed by atoms with Gasteiger partial charge in [0.2, 0.25) is 5.95 Å². The molecular formula is C12H8BrClN4. The predicted octanol–water partition coefficient (Wildman–Crippen LogP) is 3.42. The average molecular weight is 324 g/mol. The number of hydrogen-bond donors (Lipinski definition) is 1. The first-order valence-electron chi connectivity index (χ1n) is 5.20. The van der Waals surface area contributed by atoms with Gasteiger partial charge in [0, 0.05) is 10.7 Å². The molecule has 0 aliphatic rings. The van der Waals surface area contributed by atoms with E-state index in [2.05, 4.69) is 25.9 Å². The van der Waals surface area contributed by atoms with Crippen LogP contribution in [0.2, 0.25) is 5.02 Å². The van der Waals surface area contributed by atoms with E-state index in [9.17, 15) is 0 Å². The van der Waals surface area contributed by atoms with Crippen LogP contribution < -0.4 is 5.73 Å². The van der Waals surface area contributed by atoms with Gasteiger partial charge in [-0.2, -0.15) is 0 Å². The normalized spacial score (nSPS) is 11.0. The minimum atomic E-state index is 0.391. The molecule has 0 saturated heterocycles. The largest absolute Gasteiger partial charge is 0.369 e. The Morgan fingerprint density at radius 3 is 2.89 bits per heavy atom. The van der Waals surface area contributed by atoms with E-state index in [1.54, 1.807) is 12.4 Å². The van der Waals surface area contributed by atoms with Crippen LogP contribution in [0.4, 0.5) is 5.95 Å². The van der Waals surface area contributed by atoms with Crippen LogP contribution in [0.25, 0.3) is 16.7 Å². The lowest BCUT2D eigenvalue weighted by molar-refractivity contribution is 1.11. The van der Waals surface area contributed by atoms with E-state index in [-0.39, 0.29) is 0 Å². The molecule has 0 atom stereocenters. The van der Waals surface area contributed by atoms with Crippen molar-refractivity contribution >= 4 is 44.5 Å². The molecule has 0 bridgehead atoms. The molecule has 18 heavy (non-hydrogen) atoms. The lowest BCUT2D eigenvalue weighted by atomic mass is 10.3. The third-order valence-corrected chi connectivity index (χ3v) is 3.43. The molecule has 0 aliphatic heterocycles.